The Morgan fingerprint density at radius 2 is 1.88 bits per heavy atom. The van der Waals surface area contributed by atoms with Crippen LogP contribution >= 0.6 is 22.9 Å². The third kappa shape index (κ3) is 4.77. The van der Waals surface area contributed by atoms with Gasteiger partial charge in [-0.15, -0.1) is 0 Å². The summed E-state index contributed by atoms with van der Waals surface area (Å²) < 4.78 is 33.2. The summed E-state index contributed by atoms with van der Waals surface area (Å²) >= 11 is 2.15. The second-order valence-corrected chi connectivity index (χ2v) is 8.94. The predicted octanol–water partition coefficient (Wildman–Crippen LogP) is 3.51. The summed E-state index contributed by atoms with van der Waals surface area (Å²) in [4.78, 5) is 11.6. The molecule has 0 aliphatic carbocycles. The number of benzene rings is 1. The van der Waals surface area contributed by atoms with Gasteiger partial charge in [0.1, 0.15) is 0 Å². The molecule has 2 heterocycles. The standard InChI is InChI=1S/C16H19IN2O4S.C2H6/c1-23-16(20)9-13-10-19(17)15-5-4-12(8-14(13)15)11-24(21,22)18-6-2-3-7-18;1-2/h4-5,8,10H,2-3,6-7,9,11H2,1H3;1-2H3. The van der Waals surface area contributed by atoms with Gasteiger partial charge in [-0.05, 0) is 36.1 Å². The van der Waals surface area contributed by atoms with Crippen LogP contribution in [0.15, 0.2) is 24.4 Å². The van der Waals surface area contributed by atoms with E-state index in [1.807, 2.05) is 41.0 Å². The highest BCUT2D eigenvalue weighted by molar-refractivity contribution is 14.1. The normalized spacial score (nSPS) is 14.9. The molecule has 1 aromatic heterocycles. The van der Waals surface area contributed by atoms with Crippen molar-refractivity contribution < 1.29 is 17.9 Å². The van der Waals surface area contributed by atoms with E-state index in [1.165, 1.54) is 7.11 Å². The van der Waals surface area contributed by atoms with Crippen LogP contribution in [0.3, 0.4) is 0 Å². The first-order chi connectivity index (χ1) is 12.4. The molecule has 26 heavy (non-hydrogen) atoms. The fourth-order valence-corrected chi connectivity index (χ4v) is 5.38. The molecule has 1 aliphatic rings. The van der Waals surface area contributed by atoms with E-state index >= 15 is 0 Å². The van der Waals surface area contributed by atoms with E-state index in [0.717, 1.165) is 34.9 Å². The van der Waals surface area contributed by atoms with Crippen molar-refractivity contribution in [1.82, 2.24) is 7.09 Å². The highest BCUT2D eigenvalue weighted by Crippen LogP contribution is 2.27. The van der Waals surface area contributed by atoms with E-state index in [-0.39, 0.29) is 18.1 Å². The van der Waals surface area contributed by atoms with Crippen molar-refractivity contribution in [2.75, 3.05) is 20.2 Å². The van der Waals surface area contributed by atoms with Crippen molar-refractivity contribution in [2.24, 2.45) is 0 Å². The fourth-order valence-electron chi connectivity index (χ4n) is 3.03. The second-order valence-electron chi connectivity index (χ2n) is 5.93. The average molecular weight is 492 g/mol. The van der Waals surface area contributed by atoms with Crippen LogP contribution in [-0.2, 0) is 31.7 Å². The molecule has 1 saturated heterocycles. The van der Waals surface area contributed by atoms with Crippen molar-refractivity contribution in [3.8, 4) is 0 Å². The van der Waals surface area contributed by atoms with E-state index in [0.29, 0.717) is 13.1 Å². The lowest BCUT2D eigenvalue weighted by Crippen LogP contribution is -2.29. The van der Waals surface area contributed by atoms with Gasteiger partial charge in [-0.2, -0.15) is 0 Å². The van der Waals surface area contributed by atoms with Gasteiger partial charge in [0.2, 0.25) is 10.0 Å². The summed E-state index contributed by atoms with van der Waals surface area (Å²) in [6, 6.07) is 5.61. The second kappa shape index (κ2) is 9.18. The first-order valence-corrected chi connectivity index (χ1v) is 11.3. The minimum Gasteiger partial charge on any atom is -0.469 e. The topological polar surface area (TPSA) is 68.6 Å². The number of halogens is 1. The summed E-state index contributed by atoms with van der Waals surface area (Å²) in [6.07, 6.45) is 3.91. The molecule has 0 saturated carbocycles. The zero-order valence-corrected chi connectivity index (χ0v) is 18.3. The van der Waals surface area contributed by atoms with Crippen LogP contribution in [-0.4, -0.2) is 41.7 Å². The molecule has 1 fully saturated rings. The van der Waals surface area contributed by atoms with Crippen molar-refractivity contribution >= 4 is 49.8 Å². The first-order valence-electron chi connectivity index (χ1n) is 8.74. The van der Waals surface area contributed by atoms with Crippen LogP contribution in [0.2, 0.25) is 0 Å². The molecule has 0 spiro atoms. The number of methoxy groups -OCH3 is 1. The molecular weight excluding hydrogens is 467 g/mol. The number of ether oxygens (including phenoxy) is 1. The highest BCUT2D eigenvalue weighted by Gasteiger charge is 2.25. The van der Waals surface area contributed by atoms with Gasteiger partial charge in [0, 0.05) is 24.7 Å². The Kier molecular flexibility index (Phi) is 7.48. The predicted molar refractivity (Wildman–Crippen MR) is 112 cm³/mol. The molecule has 144 valence electrons. The maximum absolute atomic E-state index is 12.5. The molecule has 0 atom stereocenters. The molecular formula is C18H25IN2O4S. The van der Waals surface area contributed by atoms with Gasteiger partial charge in [-0.1, -0.05) is 19.9 Å². The number of carbonyl (C=O) groups excluding carboxylic acids is 1. The smallest absolute Gasteiger partial charge is 0.310 e. The van der Waals surface area contributed by atoms with Crippen molar-refractivity contribution in [3.63, 3.8) is 0 Å². The number of rotatable bonds is 5. The summed E-state index contributed by atoms with van der Waals surface area (Å²) in [5.41, 5.74) is 2.53. The van der Waals surface area contributed by atoms with E-state index in [4.69, 9.17) is 4.74 Å². The number of nitrogens with zero attached hydrogens (tertiary/aromatic N) is 2. The Morgan fingerprint density at radius 1 is 1.23 bits per heavy atom. The van der Waals surface area contributed by atoms with Crippen molar-refractivity contribution in [2.45, 2.75) is 38.9 Å². The van der Waals surface area contributed by atoms with Gasteiger partial charge in [0.25, 0.3) is 0 Å². The maximum atomic E-state index is 12.5. The number of hydrogen-bond donors (Lipinski definition) is 0. The fraction of sp³-hybridized carbons (Fsp3) is 0.500. The van der Waals surface area contributed by atoms with Crippen molar-refractivity contribution in [3.05, 3.63) is 35.5 Å². The maximum Gasteiger partial charge on any atom is 0.310 e. The van der Waals surface area contributed by atoms with Crippen LogP contribution in [0.4, 0.5) is 0 Å². The van der Waals surface area contributed by atoms with Gasteiger partial charge in [-0.25, -0.2) is 12.7 Å². The minimum absolute atomic E-state index is 0.00691. The summed E-state index contributed by atoms with van der Waals surface area (Å²) in [5.74, 6) is -0.318. The third-order valence-corrected chi connectivity index (χ3v) is 6.92. The van der Waals surface area contributed by atoms with Gasteiger partial charge in [0.15, 0.2) is 0 Å². The Morgan fingerprint density at radius 3 is 2.50 bits per heavy atom. The van der Waals surface area contributed by atoms with Crippen LogP contribution in [0.1, 0.15) is 37.8 Å². The Hall–Kier alpha value is -1.13. The Balaban J connectivity index is 0.00000117. The van der Waals surface area contributed by atoms with E-state index in [2.05, 4.69) is 22.9 Å². The minimum atomic E-state index is -3.28. The summed E-state index contributed by atoms with van der Waals surface area (Å²) in [6.45, 7) is 5.23. The summed E-state index contributed by atoms with van der Waals surface area (Å²) in [5, 5.41) is 0.893. The molecule has 0 radical (unpaired) electrons. The molecule has 6 nitrogen and oxygen atoms in total. The molecule has 8 heteroatoms. The quantitative estimate of drug-likeness (QED) is 0.474. The molecule has 0 N–H and O–H groups in total. The zero-order chi connectivity index (χ0) is 19.3. The average Bonchev–Trinajstić information content (AvgIpc) is 3.26. The van der Waals surface area contributed by atoms with Crippen LogP contribution in [0.5, 0.6) is 0 Å². The van der Waals surface area contributed by atoms with E-state index in [1.54, 1.807) is 4.31 Å². The Labute approximate surface area is 169 Å². The number of sulfonamides is 1. The van der Waals surface area contributed by atoms with E-state index < -0.39 is 10.0 Å². The number of esters is 1. The number of fused-ring (bicyclic) bond motifs is 1. The first kappa shape index (κ1) is 21.2. The number of hydrogen-bond acceptors (Lipinski definition) is 4. The number of carbonyl (C=O) groups is 1. The third-order valence-electron chi connectivity index (χ3n) is 4.28. The Bertz CT molecular complexity index is 871. The lowest BCUT2D eigenvalue weighted by molar-refractivity contribution is -0.139. The van der Waals surface area contributed by atoms with Crippen LogP contribution in [0, 0.1) is 0 Å². The molecule has 1 aliphatic heterocycles. The molecule has 0 bridgehead atoms. The van der Waals surface area contributed by atoms with Gasteiger partial charge < -0.3 is 4.74 Å². The molecule has 0 unspecified atom stereocenters. The van der Waals surface area contributed by atoms with Gasteiger partial charge in [0.05, 0.1) is 47.7 Å². The SMILES string of the molecule is CC.COC(=O)Cc1cn(I)c2ccc(CS(=O)(=O)N3CCCC3)cc12. The largest absolute Gasteiger partial charge is 0.469 e. The molecule has 1 aromatic carbocycles. The van der Waals surface area contributed by atoms with Crippen LogP contribution < -0.4 is 0 Å². The molecule has 3 rings (SSSR count). The van der Waals surface area contributed by atoms with E-state index in [9.17, 15) is 13.2 Å². The van der Waals surface area contributed by atoms with Crippen LogP contribution in [0.25, 0.3) is 10.9 Å². The molecule has 0 amide bonds. The lowest BCUT2D eigenvalue weighted by Gasteiger charge is -2.15. The van der Waals surface area contributed by atoms with Gasteiger partial charge in [-0.3, -0.25) is 7.58 Å². The lowest BCUT2D eigenvalue weighted by atomic mass is 10.1. The summed E-state index contributed by atoms with van der Waals surface area (Å²) in [7, 11) is -1.92. The zero-order valence-electron chi connectivity index (χ0n) is 15.4. The number of aromatic nitrogens is 1. The highest BCUT2D eigenvalue weighted by atomic mass is 127. The van der Waals surface area contributed by atoms with Gasteiger partial charge >= 0.3 is 5.97 Å². The monoisotopic (exact) mass is 492 g/mol. The molecule has 2 aromatic rings. The van der Waals surface area contributed by atoms with Crippen molar-refractivity contribution in [1.29, 1.82) is 0 Å².